The first-order valence-corrected chi connectivity index (χ1v) is 9.19. The minimum absolute atomic E-state index is 0.0231. The minimum atomic E-state index is -0.175. The first-order valence-electron chi connectivity index (χ1n) is 9.19. The van der Waals surface area contributed by atoms with Crippen LogP contribution in [0.1, 0.15) is 36.8 Å². The summed E-state index contributed by atoms with van der Waals surface area (Å²) in [5, 5.41) is 0. The lowest BCUT2D eigenvalue weighted by molar-refractivity contribution is -0.139. The molecule has 0 aromatic heterocycles. The molecule has 0 N–H and O–H groups in total. The second kappa shape index (κ2) is 6.64. The summed E-state index contributed by atoms with van der Waals surface area (Å²) in [6.07, 6.45) is 4.02. The Bertz CT molecular complexity index is 711. The maximum atomic E-state index is 13.1. The number of benzene rings is 1. The van der Waals surface area contributed by atoms with Crippen molar-refractivity contribution in [3.05, 3.63) is 41.1 Å². The number of hydrogen-bond acceptors (Lipinski definition) is 4. The Balaban J connectivity index is 1.70. The lowest BCUT2D eigenvalue weighted by Crippen LogP contribution is -2.39. The number of likely N-dealkylation sites (tertiary alicyclic amines) is 1. The minimum Gasteiger partial charge on any atom is -0.376 e. The zero-order valence-electron chi connectivity index (χ0n) is 14.7. The number of amides is 2. The van der Waals surface area contributed by atoms with Crippen molar-refractivity contribution in [2.75, 3.05) is 26.2 Å². The van der Waals surface area contributed by atoms with Crippen molar-refractivity contribution in [3.63, 3.8) is 0 Å². The average Bonchev–Trinajstić information content (AvgIpc) is 3.34. The van der Waals surface area contributed by atoms with Crippen LogP contribution in [0.4, 0.5) is 0 Å². The van der Waals surface area contributed by atoms with E-state index in [1.54, 1.807) is 0 Å². The van der Waals surface area contributed by atoms with Crippen LogP contribution in [0, 0.1) is 6.92 Å². The second-order valence-corrected chi connectivity index (χ2v) is 7.14. The summed E-state index contributed by atoms with van der Waals surface area (Å²) in [5.74, 6) is -0.329. The first kappa shape index (κ1) is 16.3. The van der Waals surface area contributed by atoms with Crippen LogP contribution < -0.4 is 0 Å². The monoisotopic (exact) mass is 340 g/mol. The summed E-state index contributed by atoms with van der Waals surface area (Å²) < 4.78 is 5.65. The van der Waals surface area contributed by atoms with Crippen LogP contribution >= 0.6 is 0 Å². The van der Waals surface area contributed by atoms with Crippen LogP contribution in [0.3, 0.4) is 0 Å². The normalized spacial score (nSPS) is 24.1. The zero-order chi connectivity index (χ0) is 17.4. The lowest BCUT2D eigenvalue weighted by Gasteiger charge is -2.21. The van der Waals surface area contributed by atoms with Gasteiger partial charge >= 0.3 is 0 Å². The quantitative estimate of drug-likeness (QED) is 0.790. The molecule has 2 amide bonds. The molecule has 1 atom stereocenters. The molecule has 1 aromatic rings. The third-order valence-corrected chi connectivity index (χ3v) is 5.32. The molecule has 0 bridgehead atoms. The first-order chi connectivity index (χ1) is 12.1. The number of ether oxygens (including phenoxy) is 1. The van der Waals surface area contributed by atoms with Crippen molar-refractivity contribution < 1.29 is 14.3 Å². The van der Waals surface area contributed by atoms with Gasteiger partial charge in [-0.25, -0.2) is 0 Å². The van der Waals surface area contributed by atoms with Gasteiger partial charge in [0.1, 0.15) is 5.70 Å². The smallest absolute Gasteiger partial charge is 0.277 e. The van der Waals surface area contributed by atoms with E-state index in [1.165, 1.54) is 4.90 Å². The highest BCUT2D eigenvalue weighted by molar-refractivity contribution is 6.35. The standard InChI is InChI=1S/C20H24N2O3/c1-14-6-8-15(9-7-14)17-18(21-10-2-3-11-21)20(24)22(19(17)23)13-16-5-4-12-25-16/h6-9,16H,2-5,10-13H2,1H3. The van der Waals surface area contributed by atoms with Crippen molar-refractivity contribution in [1.82, 2.24) is 9.80 Å². The van der Waals surface area contributed by atoms with Crippen molar-refractivity contribution in [1.29, 1.82) is 0 Å². The van der Waals surface area contributed by atoms with Crippen LogP contribution in [0.25, 0.3) is 5.57 Å². The number of nitrogens with zero attached hydrogens (tertiary/aromatic N) is 2. The third-order valence-electron chi connectivity index (χ3n) is 5.32. The number of hydrogen-bond donors (Lipinski definition) is 0. The van der Waals surface area contributed by atoms with Gasteiger partial charge in [0.05, 0.1) is 18.2 Å². The summed E-state index contributed by atoms with van der Waals surface area (Å²) >= 11 is 0. The van der Waals surface area contributed by atoms with Gasteiger partial charge in [0, 0.05) is 19.7 Å². The van der Waals surface area contributed by atoms with Gasteiger partial charge in [-0.15, -0.1) is 0 Å². The van der Waals surface area contributed by atoms with Gasteiger partial charge in [0.2, 0.25) is 0 Å². The molecule has 0 radical (unpaired) electrons. The molecule has 132 valence electrons. The molecule has 3 aliphatic rings. The molecule has 5 nitrogen and oxygen atoms in total. The summed E-state index contributed by atoms with van der Waals surface area (Å²) in [5.41, 5.74) is 3.12. The molecule has 3 aliphatic heterocycles. The number of rotatable bonds is 4. The molecule has 5 heteroatoms. The molecule has 4 rings (SSSR count). The van der Waals surface area contributed by atoms with Crippen molar-refractivity contribution >= 4 is 17.4 Å². The van der Waals surface area contributed by atoms with E-state index in [0.29, 0.717) is 17.8 Å². The Hall–Kier alpha value is -2.14. The van der Waals surface area contributed by atoms with Gasteiger partial charge in [0.25, 0.3) is 11.8 Å². The molecule has 1 unspecified atom stereocenters. The average molecular weight is 340 g/mol. The summed E-state index contributed by atoms with van der Waals surface area (Å²) in [6, 6.07) is 7.87. The third kappa shape index (κ3) is 2.97. The number of carbonyl (C=O) groups excluding carboxylic acids is 2. The van der Waals surface area contributed by atoms with E-state index < -0.39 is 0 Å². The highest BCUT2D eigenvalue weighted by Gasteiger charge is 2.43. The van der Waals surface area contributed by atoms with Crippen molar-refractivity contribution in [3.8, 4) is 0 Å². The summed E-state index contributed by atoms with van der Waals surface area (Å²) in [6.45, 7) is 4.79. The molecule has 2 fully saturated rings. The van der Waals surface area contributed by atoms with E-state index in [1.807, 2.05) is 31.2 Å². The molecule has 0 aliphatic carbocycles. The van der Waals surface area contributed by atoms with E-state index in [0.717, 1.165) is 56.5 Å². The van der Waals surface area contributed by atoms with Crippen LogP contribution in [0.2, 0.25) is 0 Å². The predicted octanol–water partition coefficient (Wildman–Crippen LogP) is 2.35. The predicted molar refractivity (Wildman–Crippen MR) is 94.6 cm³/mol. The Morgan fingerprint density at radius 1 is 1.04 bits per heavy atom. The van der Waals surface area contributed by atoms with Crippen LogP contribution in [0.5, 0.6) is 0 Å². The lowest BCUT2D eigenvalue weighted by atomic mass is 10.0. The highest BCUT2D eigenvalue weighted by atomic mass is 16.5. The SMILES string of the molecule is Cc1ccc(C2=C(N3CCCC3)C(=O)N(CC3CCCO3)C2=O)cc1. The molecular formula is C20H24N2O3. The topological polar surface area (TPSA) is 49.9 Å². The fourth-order valence-corrected chi connectivity index (χ4v) is 3.94. The highest BCUT2D eigenvalue weighted by Crippen LogP contribution is 2.34. The Morgan fingerprint density at radius 3 is 2.40 bits per heavy atom. The number of imide groups is 1. The molecule has 0 spiro atoms. The van der Waals surface area contributed by atoms with Crippen LogP contribution in [-0.2, 0) is 14.3 Å². The van der Waals surface area contributed by atoms with Gasteiger partial charge < -0.3 is 9.64 Å². The Kier molecular flexibility index (Phi) is 4.34. The molecule has 25 heavy (non-hydrogen) atoms. The maximum absolute atomic E-state index is 13.1. The molecule has 0 saturated carbocycles. The fourth-order valence-electron chi connectivity index (χ4n) is 3.94. The maximum Gasteiger partial charge on any atom is 0.277 e. The zero-order valence-corrected chi connectivity index (χ0v) is 14.7. The molecule has 1 aromatic carbocycles. The number of aryl methyl sites for hydroxylation is 1. The Labute approximate surface area is 148 Å². The molecular weight excluding hydrogens is 316 g/mol. The van der Waals surface area contributed by atoms with Gasteiger partial charge in [-0.3, -0.25) is 14.5 Å². The van der Waals surface area contributed by atoms with Crippen LogP contribution in [-0.4, -0.2) is 54.0 Å². The van der Waals surface area contributed by atoms with Crippen molar-refractivity contribution in [2.24, 2.45) is 0 Å². The van der Waals surface area contributed by atoms with Gasteiger partial charge in [-0.1, -0.05) is 29.8 Å². The second-order valence-electron chi connectivity index (χ2n) is 7.14. The van der Waals surface area contributed by atoms with Gasteiger partial charge in [-0.05, 0) is 38.2 Å². The van der Waals surface area contributed by atoms with Crippen molar-refractivity contribution in [2.45, 2.75) is 38.7 Å². The van der Waals surface area contributed by atoms with E-state index >= 15 is 0 Å². The number of carbonyl (C=O) groups is 2. The van der Waals surface area contributed by atoms with E-state index in [9.17, 15) is 9.59 Å². The summed E-state index contributed by atoms with van der Waals surface area (Å²) in [7, 11) is 0. The van der Waals surface area contributed by atoms with Gasteiger partial charge in [-0.2, -0.15) is 0 Å². The fraction of sp³-hybridized carbons (Fsp3) is 0.500. The van der Waals surface area contributed by atoms with E-state index in [2.05, 4.69) is 4.90 Å². The largest absolute Gasteiger partial charge is 0.376 e. The summed E-state index contributed by atoms with van der Waals surface area (Å²) in [4.78, 5) is 29.7. The van der Waals surface area contributed by atoms with E-state index in [-0.39, 0.29) is 17.9 Å². The molecule has 2 saturated heterocycles. The van der Waals surface area contributed by atoms with E-state index in [4.69, 9.17) is 4.74 Å². The molecule has 3 heterocycles. The van der Waals surface area contributed by atoms with Gasteiger partial charge in [0.15, 0.2) is 0 Å². The van der Waals surface area contributed by atoms with Crippen LogP contribution in [0.15, 0.2) is 30.0 Å². The Morgan fingerprint density at radius 2 is 1.76 bits per heavy atom.